The monoisotopic (exact) mass is 333 g/mol. The fourth-order valence-electron chi connectivity index (χ4n) is 1.74. The van der Waals surface area contributed by atoms with Crippen molar-refractivity contribution in [2.45, 2.75) is 15.9 Å². The largest absolute Gasteiger partial charge is 0.444 e. The Morgan fingerprint density at radius 3 is 1.82 bits per heavy atom. The number of benzene rings is 2. The Morgan fingerprint density at radius 1 is 0.955 bits per heavy atom. The number of thioether (sulfide) groups is 2. The molecular formula is C17H19NO2S2. The van der Waals surface area contributed by atoms with E-state index in [0.717, 1.165) is 11.5 Å². The Balaban J connectivity index is 1.89. The predicted octanol–water partition coefficient (Wildman–Crippen LogP) is 4.30. The van der Waals surface area contributed by atoms with Gasteiger partial charge in [-0.2, -0.15) is 0 Å². The van der Waals surface area contributed by atoms with Gasteiger partial charge in [-0.25, -0.2) is 4.79 Å². The zero-order valence-electron chi connectivity index (χ0n) is 12.4. The molecule has 0 aromatic heterocycles. The van der Waals surface area contributed by atoms with Gasteiger partial charge in [0, 0.05) is 28.3 Å². The molecule has 0 aliphatic carbocycles. The standard InChI is InChI=1S/C17H19NO2S2/c1-18-17(19)20-14(12-21-15-8-4-2-5-9-15)13-22-16-10-6-3-7-11-16/h2-11,14H,12-13H2,1H3,(H,18,19). The fourth-order valence-corrected chi connectivity index (χ4v) is 3.72. The van der Waals surface area contributed by atoms with Crippen LogP contribution in [0.5, 0.6) is 0 Å². The Morgan fingerprint density at radius 2 is 1.41 bits per heavy atom. The minimum absolute atomic E-state index is 0.143. The smallest absolute Gasteiger partial charge is 0.407 e. The van der Waals surface area contributed by atoms with Crippen LogP contribution in [0.3, 0.4) is 0 Å². The highest BCUT2D eigenvalue weighted by atomic mass is 32.2. The van der Waals surface area contributed by atoms with Gasteiger partial charge in [0.2, 0.25) is 0 Å². The Kier molecular flexibility index (Phi) is 7.19. The summed E-state index contributed by atoms with van der Waals surface area (Å²) in [5.41, 5.74) is 0. The van der Waals surface area contributed by atoms with Gasteiger partial charge in [0.25, 0.3) is 0 Å². The van der Waals surface area contributed by atoms with Crippen LogP contribution in [0.4, 0.5) is 4.79 Å². The van der Waals surface area contributed by atoms with Crippen molar-refractivity contribution < 1.29 is 9.53 Å². The summed E-state index contributed by atoms with van der Waals surface area (Å²) in [4.78, 5) is 13.8. The quantitative estimate of drug-likeness (QED) is 0.767. The molecule has 0 aliphatic rings. The highest BCUT2D eigenvalue weighted by Crippen LogP contribution is 2.24. The van der Waals surface area contributed by atoms with Gasteiger partial charge < -0.3 is 10.1 Å². The maximum Gasteiger partial charge on any atom is 0.407 e. The van der Waals surface area contributed by atoms with E-state index in [0.29, 0.717) is 0 Å². The van der Waals surface area contributed by atoms with E-state index in [1.165, 1.54) is 9.79 Å². The van der Waals surface area contributed by atoms with Crippen molar-refractivity contribution >= 4 is 29.6 Å². The van der Waals surface area contributed by atoms with Gasteiger partial charge in [0.1, 0.15) is 6.10 Å². The molecule has 0 fully saturated rings. The van der Waals surface area contributed by atoms with E-state index in [4.69, 9.17) is 4.74 Å². The zero-order chi connectivity index (χ0) is 15.6. The molecule has 0 saturated heterocycles. The van der Waals surface area contributed by atoms with Gasteiger partial charge in [0.15, 0.2) is 0 Å². The number of amides is 1. The van der Waals surface area contributed by atoms with Gasteiger partial charge >= 0.3 is 6.09 Å². The van der Waals surface area contributed by atoms with Crippen molar-refractivity contribution in [3.63, 3.8) is 0 Å². The molecule has 5 heteroatoms. The van der Waals surface area contributed by atoms with Crippen LogP contribution in [0, 0.1) is 0 Å². The second-order valence-corrected chi connectivity index (χ2v) is 6.71. The molecular weight excluding hydrogens is 314 g/mol. The van der Waals surface area contributed by atoms with Crippen LogP contribution in [0.15, 0.2) is 70.5 Å². The number of alkyl carbamates (subject to hydrolysis) is 1. The summed E-state index contributed by atoms with van der Waals surface area (Å²) in [7, 11) is 1.58. The summed E-state index contributed by atoms with van der Waals surface area (Å²) >= 11 is 3.40. The van der Waals surface area contributed by atoms with Crippen LogP contribution in [0.1, 0.15) is 0 Å². The van der Waals surface area contributed by atoms with Crippen molar-refractivity contribution in [2.24, 2.45) is 0 Å². The highest BCUT2D eigenvalue weighted by Gasteiger charge is 2.14. The number of nitrogens with one attached hydrogen (secondary N) is 1. The van der Waals surface area contributed by atoms with Crippen LogP contribution in [0.2, 0.25) is 0 Å². The minimum atomic E-state index is -0.382. The number of carbonyl (C=O) groups is 1. The van der Waals surface area contributed by atoms with E-state index >= 15 is 0 Å². The van der Waals surface area contributed by atoms with Crippen molar-refractivity contribution in [2.75, 3.05) is 18.6 Å². The van der Waals surface area contributed by atoms with Crippen LogP contribution in [-0.4, -0.2) is 30.8 Å². The molecule has 1 amide bonds. The third kappa shape index (κ3) is 6.03. The first-order valence-electron chi connectivity index (χ1n) is 7.02. The molecule has 0 radical (unpaired) electrons. The SMILES string of the molecule is CNC(=O)OC(CSc1ccccc1)CSc1ccccc1. The first-order chi connectivity index (χ1) is 10.8. The molecule has 3 nitrogen and oxygen atoms in total. The molecule has 0 bridgehead atoms. The molecule has 0 spiro atoms. The van der Waals surface area contributed by atoms with E-state index in [2.05, 4.69) is 29.6 Å². The average molecular weight is 333 g/mol. The van der Waals surface area contributed by atoms with E-state index < -0.39 is 0 Å². The lowest BCUT2D eigenvalue weighted by Gasteiger charge is -2.17. The number of rotatable bonds is 7. The van der Waals surface area contributed by atoms with E-state index in [1.54, 1.807) is 30.6 Å². The van der Waals surface area contributed by atoms with Crippen LogP contribution in [0.25, 0.3) is 0 Å². The number of hydrogen-bond donors (Lipinski definition) is 1. The first-order valence-corrected chi connectivity index (χ1v) is 8.99. The summed E-state index contributed by atoms with van der Waals surface area (Å²) < 4.78 is 5.45. The molecule has 2 aromatic carbocycles. The average Bonchev–Trinajstić information content (AvgIpc) is 2.59. The summed E-state index contributed by atoms with van der Waals surface area (Å²) in [6.45, 7) is 0. The molecule has 0 heterocycles. The van der Waals surface area contributed by atoms with Gasteiger partial charge in [-0.15, -0.1) is 23.5 Å². The van der Waals surface area contributed by atoms with Gasteiger partial charge in [-0.3, -0.25) is 0 Å². The molecule has 22 heavy (non-hydrogen) atoms. The van der Waals surface area contributed by atoms with Crippen molar-refractivity contribution in [3.05, 3.63) is 60.7 Å². The second-order valence-electron chi connectivity index (χ2n) is 4.53. The fraction of sp³-hybridized carbons (Fsp3) is 0.235. The molecule has 1 N–H and O–H groups in total. The lowest BCUT2D eigenvalue weighted by molar-refractivity contribution is 0.121. The van der Waals surface area contributed by atoms with Crippen LogP contribution in [-0.2, 0) is 4.74 Å². The normalized spacial score (nSPS) is 10.5. The highest BCUT2D eigenvalue weighted by molar-refractivity contribution is 8.00. The third-order valence-corrected chi connectivity index (χ3v) is 5.12. The second kappa shape index (κ2) is 9.43. The number of ether oxygens (including phenoxy) is 1. The van der Waals surface area contributed by atoms with E-state index in [-0.39, 0.29) is 12.2 Å². The Hall–Kier alpha value is -1.59. The van der Waals surface area contributed by atoms with Crippen LogP contribution >= 0.6 is 23.5 Å². The van der Waals surface area contributed by atoms with Crippen molar-refractivity contribution in [1.82, 2.24) is 5.32 Å². The molecule has 2 aromatic rings. The maximum atomic E-state index is 11.5. The van der Waals surface area contributed by atoms with E-state index in [9.17, 15) is 4.79 Å². The molecule has 0 aliphatic heterocycles. The first kappa shape index (κ1) is 16.8. The number of carbonyl (C=O) groups excluding carboxylic acids is 1. The van der Waals surface area contributed by atoms with Gasteiger partial charge in [-0.1, -0.05) is 36.4 Å². The minimum Gasteiger partial charge on any atom is -0.444 e. The van der Waals surface area contributed by atoms with E-state index in [1.807, 2.05) is 36.4 Å². The lowest BCUT2D eigenvalue weighted by Crippen LogP contribution is -2.29. The van der Waals surface area contributed by atoms with Gasteiger partial charge in [-0.05, 0) is 24.3 Å². The summed E-state index contributed by atoms with van der Waals surface area (Å²) in [6, 6.07) is 20.3. The summed E-state index contributed by atoms with van der Waals surface area (Å²) in [6.07, 6.45) is -0.525. The summed E-state index contributed by atoms with van der Waals surface area (Å²) in [5, 5.41) is 2.51. The third-order valence-electron chi connectivity index (χ3n) is 2.84. The predicted molar refractivity (Wildman–Crippen MR) is 93.7 cm³/mol. The zero-order valence-corrected chi connectivity index (χ0v) is 14.0. The summed E-state index contributed by atoms with van der Waals surface area (Å²) in [5.74, 6) is 1.47. The maximum absolute atomic E-state index is 11.5. The molecule has 2 rings (SSSR count). The Labute approximate surface area is 139 Å². The Bertz CT molecular complexity index is 520. The molecule has 0 unspecified atom stereocenters. The number of hydrogen-bond acceptors (Lipinski definition) is 4. The lowest BCUT2D eigenvalue weighted by atomic mass is 10.4. The van der Waals surface area contributed by atoms with Crippen molar-refractivity contribution in [3.8, 4) is 0 Å². The van der Waals surface area contributed by atoms with Gasteiger partial charge in [0.05, 0.1) is 0 Å². The topological polar surface area (TPSA) is 38.3 Å². The van der Waals surface area contributed by atoms with Crippen LogP contribution < -0.4 is 5.32 Å². The van der Waals surface area contributed by atoms with Crippen molar-refractivity contribution in [1.29, 1.82) is 0 Å². The molecule has 116 valence electrons. The molecule has 0 atom stereocenters. The molecule has 0 saturated carbocycles.